The highest BCUT2D eigenvalue weighted by Gasteiger charge is 2.05. The molecule has 74 valence electrons. The maximum Gasteiger partial charge on any atom is 0.214 e. The van der Waals surface area contributed by atoms with Gasteiger partial charge in [0.25, 0.3) is 0 Å². The molecule has 0 aliphatic heterocycles. The number of rotatable bonds is 2. The van der Waals surface area contributed by atoms with Crippen molar-refractivity contribution in [3.63, 3.8) is 0 Å². The molecule has 0 bridgehead atoms. The van der Waals surface area contributed by atoms with Crippen molar-refractivity contribution < 1.29 is 8.95 Å². The second-order valence-electron chi connectivity index (χ2n) is 2.67. The summed E-state index contributed by atoms with van der Waals surface area (Å²) < 4.78 is 20.1. The summed E-state index contributed by atoms with van der Waals surface area (Å²) in [5.41, 5.74) is 0. The molecule has 5 heteroatoms. The van der Waals surface area contributed by atoms with Gasteiger partial charge in [-0.15, -0.1) is 4.36 Å². The van der Waals surface area contributed by atoms with Crippen LogP contribution in [-0.2, 0) is 9.73 Å². The van der Waals surface area contributed by atoms with E-state index in [1.165, 1.54) is 6.26 Å². The summed E-state index contributed by atoms with van der Waals surface area (Å²) in [4.78, 5) is 0.528. The van der Waals surface area contributed by atoms with Crippen LogP contribution in [0, 0.1) is 11.5 Å². The van der Waals surface area contributed by atoms with Crippen LogP contribution in [0.4, 0.5) is 0 Å². The van der Waals surface area contributed by atoms with Gasteiger partial charge in [-0.2, -0.15) is 5.26 Å². The van der Waals surface area contributed by atoms with E-state index >= 15 is 0 Å². The molecule has 0 fully saturated rings. The molecule has 0 saturated heterocycles. The van der Waals surface area contributed by atoms with Crippen LogP contribution in [0.1, 0.15) is 0 Å². The van der Waals surface area contributed by atoms with Gasteiger partial charge in [0.1, 0.15) is 5.75 Å². The molecule has 1 unspecified atom stereocenters. The third-order valence-electron chi connectivity index (χ3n) is 1.71. The van der Waals surface area contributed by atoms with Gasteiger partial charge in [-0.05, 0) is 24.3 Å². The van der Waals surface area contributed by atoms with E-state index in [1.807, 2.05) is 0 Å². The average Bonchev–Trinajstić information content (AvgIpc) is 2.18. The van der Waals surface area contributed by atoms with Gasteiger partial charge in [-0.25, -0.2) is 4.21 Å². The summed E-state index contributed by atoms with van der Waals surface area (Å²) in [5.74, 6) is 0.681. The van der Waals surface area contributed by atoms with E-state index in [2.05, 4.69) is 4.36 Å². The fourth-order valence-electron chi connectivity index (χ4n) is 0.959. The van der Waals surface area contributed by atoms with Crippen molar-refractivity contribution in [2.24, 2.45) is 4.36 Å². The molecule has 0 saturated carbocycles. The third kappa shape index (κ3) is 2.24. The minimum absolute atomic E-state index is 0.528. The second kappa shape index (κ2) is 4.11. The number of hydrogen-bond acceptors (Lipinski definition) is 4. The van der Waals surface area contributed by atoms with Crippen molar-refractivity contribution in [2.75, 3.05) is 13.4 Å². The number of benzene rings is 1. The molecule has 4 nitrogen and oxygen atoms in total. The van der Waals surface area contributed by atoms with Crippen molar-refractivity contribution in [3.8, 4) is 11.9 Å². The lowest BCUT2D eigenvalue weighted by molar-refractivity contribution is 0.414. The molecule has 0 aliphatic rings. The van der Waals surface area contributed by atoms with Gasteiger partial charge in [-0.1, -0.05) is 0 Å². The van der Waals surface area contributed by atoms with Crippen molar-refractivity contribution in [3.05, 3.63) is 24.3 Å². The Morgan fingerprint density at radius 1 is 1.43 bits per heavy atom. The van der Waals surface area contributed by atoms with E-state index in [4.69, 9.17) is 10.00 Å². The Hall–Kier alpha value is -1.54. The molecule has 1 aromatic rings. The van der Waals surface area contributed by atoms with Gasteiger partial charge < -0.3 is 4.74 Å². The minimum Gasteiger partial charge on any atom is -0.497 e. The first-order valence-corrected chi connectivity index (χ1v) is 5.77. The molecule has 1 rings (SSSR count). The van der Waals surface area contributed by atoms with Crippen molar-refractivity contribution in [1.82, 2.24) is 0 Å². The zero-order valence-electron chi connectivity index (χ0n) is 7.93. The first-order valence-electron chi connectivity index (χ1n) is 3.84. The Bertz CT molecular complexity index is 465. The Kier molecular flexibility index (Phi) is 3.10. The minimum atomic E-state index is -2.58. The summed E-state index contributed by atoms with van der Waals surface area (Å²) in [6.45, 7) is 0. The SMILES string of the molecule is COc1ccc(S(C)(=O)=NC#N)cc1. The number of nitriles is 1. The average molecular weight is 210 g/mol. The van der Waals surface area contributed by atoms with Gasteiger partial charge >= 0.3 is 0 Å². The molecule has 1 aromatic carbocycles. The zero-order chi connectivity index (χ0) is 10.6. The van der Waals surface area contributed by atoms with Crippen LogP contribution in [0.25, 0.3) is 0 Å². The number of ether oxygens (including phenoxy) is 1. The third-order valence-corrected chi connectivity index (χ3v) is 3.29. The topological polar surface area (TPSA) is 62.4 Å². The fraction of sp³-hybridized carbons (Fsp3) is 0.222. The zero-order valence-corrected chi connectivity index (χ0v) is 8.75. The van der Waals surface area contributed by atoms with Crippen LogP contribution >= 0.6 is 0 Å². The molecule has 0 aliphatic carbocycles. The Morgan fingerprint density at radius 2 is 2.00 bits per heavy atom. The monoisotopic (exact) mass is 210 g/mol. The number of methoxy groups -OCH3 is 1. The molecule has 0 amide bonds. The van der Waals surface area contributed by atoms with Crippen molar-refractivity contribution >= 4 is 9.73 Å². The summed E-state index contributed by atoms with van der Waals surface area (Å²) in [6, 6.07) is 6.65. The van der Waals surface area contributed by atoms with Crippen LogP contribution in [-0.4, -0.2) is 17.6 Å². The van der Waals surface area contributed by atoms with Crippen LogP contribution in [0.3, 0.4) is 0 Å². The maximum absolute atomic E-state index is 11.8. The molecule has 0 heterocycles. The second-order valence-corrected chi connectivity index (χ2v) is 4.93. The lowest BCUT2D eigenvalue weighted by Crippen LogP contribution is -1.96. The molecular formula is C9H10N2O2S. The Labute approximate surface area is 83.3 Å². The fourth-order valence-corrected chi connectivity index (χ4v) is 1.86. The molecule has 0 aromatic heterocycles. The van der Waals surface area contributed by atoms with Gasteiger partial charge in [0.05, 0.1) is 16.8 Å². The lowest BCUT2D eigenvalue weighted by Gasteiger charge is -2.03. The Balaban J connectivity index is 3.18. The van der Waals surface area contributed by atoms with E-state index in [0.29, 0.717) is 10.6 Å². The molecule has 14 heavy (non-hydrogen) atoms. The molecule has 0 spiro atoms. The van der Waals surface area contributed by atoms with E-state index in [9.17, 15) is 4.21 Å². The summed E-state index contributed by atoms with van der Waals surface area (Å²) in [7, 11) is -1.02. The van der Waals surface area contributed by atoms with Crippen LogP contribution in [0.5, 0.6) is 5.75 Å². The first kappa shape index (κ1) is 10.5. The normalized spacial score (nSPS) is 13.8. The van der Waals surface area contributed by atoms with E-state index in [-0.39, 0.29) is 0 Å². The van der Waals surface area contributed by atoms with Crippen LogP contribution in [0.15, 0.2) is 33.5 Å². The largest absolute Gasteiger partial charge is 0.497 e. The molecular weight excluding hydrogens is 200 g/mol. The van der Waals surface area contributed by atoms with E-state index < -0.39 is 9.73 Å². The van der Waals surface area contributed by atoms with Crippen molar-refractivity contribution in [2.45, 2.75) is 4.90 Å². The molecule has 0 N–H and O–H groups in total. The van der Waals surface area contributed by atoms with E-state index in [1.54, 1.807) is 37.6 Å². The smallest absolute Gasteiger partial charge is 0.214 e. The van der Waals surface area contributed by atoms with Gasteiger partial charge in [0.2, 0.25) is 6.19 Å². The van der Waals surface area contributed by atoms with Crippen molar-refractivity contribution in [1.29, 1.82) is 5.26 Å². The first-order chi connectivity index (χ1) is 6.60. The highest BCUT2D eigenvalue weighted by Crippen LogP contribution is 2.16. The summed E-state index contributed by atoms with van der Waals surface area (Å²) in [6.07, 6.45) is 2.98. The predicted molar refractivity (Wildman–Crippen MR) is 53.4 cm³/mol. The van der Waals surface area contributed by atoms with Crippen LogP contribution in [0.2, 0.25) is 0 Å². The Morgan fingerprint density at radius 3 is 2.43 bits per heavy atom. The summed E-state index contributed by atoms with van der Waals surface area (Å²) in [5, 5.41) is 8.34. The van der Waals surface area contributed by atoms with Gasteiger partial charge in [-0.3, -0.25) is 0 Å². The summed E-state index contributed by atoms with van der Waals surface area (Å²) >= 11 is 0. The van der Waals surface area contributed by atoms with Crippen LogP contribution < -0.4 is 4.74 Å². The molecule has 0 radical (unpaired) electrons. The highest BCUT2D eigenvalue weighted by atomic mass is 32.2. The standard InChI is InChI=1S/C9H10N2O2S/c1-13-8-3-5-9(6-4-8)14(2,12)11-7-10/h3-6H,1-2H3. The lowest BCUT2D eigenvalue weighted by atomic mass is 10.3. The maximum atomic E-state index is 11.8. The quantitative estimate of drug-likeness (QED) is 0.697. The molecule has 1 atom stereocenters. The van der Waals surface area contributed by atoms with E-state index in [0.717, 1.165) is 0 Å². The predicted octanol–water partition coefficient (Wildman–Crippen LogP) is 1.63. The van der Waals surface area contributed by atoms with Gasteiger partial charge in [0, 0.05) is 11.2 Å². The number of nitrogens with zero attached hydrogens (tertiary/aromatic N) is 2. The number of hydrogen-bond donors (Lipinski definition) is 0. The highest BCUT2D eigenvalue weighted by molar-refractivity contribution is 7.93. The van der Waals surface area contributed by atoms with Gasteiger partial charge in [0.15, 0.2) is 0 Å².